The Kier molecular flexibility index (Phi) is 19.8. The first-order chi connectivity index (χ1) is 30.0. The number of nitrogens with two attached hydrogens (primary N) is 1. The second-order valence-electron chi connectivity index (χ2n) is 18.5. The molecule has 0 aromatic heterocycles. The molecule has 5 amide bonds. The smallest absolute Gasteiger partial charge is 0.326 e. The van der Waals surface area contributed by atoms with Crippen molar-refractivity contribution in [3.63, 3.8) is 0 Å². The molecule has 2 heterocycles. The van der Waals surface area contributed by atoms with Gasteiger partial charge in [0.05, 0.1) is 43.2 Å². The molecule has 4 rings (SSSR count). The number of carboxylic acids is 1. The van der Waals surface area contributed by atoms with E-state index >= 15 is 0 Å². The van der Waals surface area contributed by atoms with Crippen LogP contribution in [0.25, 0.3) is 0 Å². The topological polar surface area (TPSA) is 210 Å². The molecular weight excluding hydrogens is 809 g/mol. The minimum atomic E-state index is -1.15. The number of aliphatic carboxylic acids is 1. The van der Waals surface area contributed by atoms with Gasteiger partial charge in [-0.15, -0.1) is 0 Å². The molecule has 5 N–H and O–H groups in total. The fourth-order valence-corrected chi connectivity index (χ4v) is 10.5. The van der Waals surface area contributed by atoms with Crippen LogP contribution in [0.15, 0.2) is 30.3 Å². The van der Waals surface area contributed by atoms with Crippen molar-refractivity contribution >= 4 is 35.5 Å². The number of ether oxygens (including phenoxy) is 2. The zero-order chi connectivity index (χ0) is 46.5. The van der Waals surface area contributed by atoms with E-state index in [1.54, 1.807) is 28.7 Å². The first-order valence-electron chi connectivity index (χ1n) is 23.1. The number of nitrogens with zero attached hydrogens (tertiary/aromatic N) is 3. The fraction of sp³-hybridized carbons (Fsp3) is 0.745. The number of hydrogen-bond donors (Lipinski definition) is 4. The Morgan fingerprint density at radius 3 is 2.24 bits per heavy atom. The van der Waals surface area contributed by atoms with Gasteiger partial charge in [-0.05, 0) is 67.8 Å². The predicted molar refractivity (Wildman–Crippen MR) is 238 cm³/mol. The van der Waals surface area contributed by atoms with Gasteiger partial charge in [-0.3, -0.25) is 24.0 Å². The van der Waals surface area contributed by atoms with Gasteiger partial charge >= 0.3 is 5.97 Å². The van der Waals surface area contributed by atoms with E-state index in [1.165, 1.54) is 14.2 Å². The van der Waals surface area contributed by atoms with Crippen molar-refractivity contribution in [2.45, 2.75) is 161 Å². The monoisotopic (exact) mass is 885 g/mol. The number of nitrogens with one attached hydrogen (secondary N) is 2. The van der Waals surface area contributed by atoms with Crippen molar-refractivity contribution in [1.82, 2.24) is 25.3 Å². The maximum Gasteiger partial charge on any atom is 0.326 e. The van der Waals surface area contributed by atoms with Crippen LogP contribution in [0.5, 0.6) is 0 Å². The summed E-state index contributed by atoms with van der Waals surface area (Å²) in [4.78, 5) is 92.5. The summed E-state index contributed by atoms with van der Waals surface area (Å²) in [6, 6.07) is 5.38. The van der Waals surface area contributed by atoms with Crippen molar-refractivity contribution in [3.05, 3.63) is 35.9 Å². The molecule has 3 fully saturated rings. The maximum absolute atomic E-state index is 14.6. The number of benzene rings is 1. The summed E-state index contributed by atoms with van der Waals surface area (Å²) in [5.41, 5.74) is 0.775. The molecule has 0 spiro atoms. The van der Waals surface area contributed by atoms with E-state index in [1.807, 2.05) is 58.0 Å². The summed E-state index contributed by atoms with van der Waals surface area (Å²) in [5, 5.41) is 15.7. The highest BCUT2D eigenvalue weighted by Gasteiger charge is 2.56. The molecule has 354 valence electrons. The molecule has 1 saturated carbocycles. The first kappa shape index (κ1) is 51.5. The number of piperidine rings is 1. The molecule has 1 aromatic rings. The van der Waals surface area contributed by atoms with Crippen molar-refractivity contribution in [2.75, 3.05) is 34.4 Å². The molecule has 2 aliphatic heterocycles. The Balaban J connectivity index is 1.47. The minimum absolute atomic E-state index is 0.00719. The van der Waals surface area contributed by atoms with Crippen molar-refractivity contribution < 1.29 is 48.2 Å². The number of unbranched alkanes of at least 4 members (excludes halogenated alkanes) is 2. The summed E-state index contributed by atoms with van der Waals surface area (Å²) < 4.78 is 12.0. The molecule has 0 unspecified atom stereocenters. The molecule has 16 heteroatoms. The molecule has 1 aliphatic carbocycles. The van der Waals surface area contributed by atoms with Crippen LogP contribution in [-0.2, 0) is 49.5 Å². The van der Waals surface area contributed by atoms with Crippen LogP contribution in [0.2, 0.25) is 0 Å². The van der Waals surface area contributed by atoms with Gasteiger partial charge in [-0.1, -0.05) is 84.7 Å². The highest BCUT2D eigenvalue weighted by Crippen LogP contribution is 2.47. The van der Waals surface area contributed by atoms with Gasteiger partial charge in [-0.25, -0.2) is 10.7 Å². The summed E-state index contributed by atoms with van der Waals surface area (Å²) >= 11 is 0. The number of likely N-dealkylation sites (tertiary alicyclic amines) is 2. The number of rotatable bonds is 25. The number of likely N-dealkylation sites (N-methyl/N-ethyl adjacent to an activating group) is 1. The van der Waals surface area contributed by atoms with Gasteiger partial charge in [0.1, 0.15) is 18.1 Å². The van der Waals surface area contributed by atoms with Crippen LogP contribution < -0.4 is 16.5 Å². The molecule has 12 atom stereocenters. The highest BCUT2D eigenvalue weighted by molar-refractivity contribution is 5.93. The van der Waals surface area contributed by atoms with E-state index in [-0.39, 0.29) is 66.2 Å². The number of amides is 5. The summed E-state index contributed by atoms with van der Waals surface area (Å²) in [6.07, 6.45) is 4.83. The third kappa shape index (κ3) is 12.6. The van der Waals surface area contributed by atoms with Crippen LogP contribution >= 0.6 is 0 Å². The Bertz CT molecular complexity index is 1680. The third-order valence-corrected chi connectivity index (χ3v) is 14.2. The molecule has 2 saturated heterocycles. The standard InChI is InChI=1S/C47H76N6O10/c1-10-29(4)41(51(7)46(58)40(28(2)3)50-45(57)42-33-22-23-35(30(33)5)53(42)38(54)21-15-12-16-25-63-48)37(61-8)27-39(55)52-24-17-20-36(52)43(62-9)31(6)44(56)49-34(47(59)60)26-32-18-13-11-14-19-32/h11,13-14,18-19,28-31,33-37,40-43H,10,12,15-17,20-27,48H2,1-9H3,(H,49,56)(H,50,57)(H,59,60)/t29-,30-,31+,33-,34-,35-,36-,37+,40-,41-,42-,43+/m0/s1. The Morgan fingerprint density at radius 1 is 0.937 bits per heavy atom. The number of fused-ring (bicyclic) bond motifs is 2. The largest absolute Gasteiger partial charge is 0.480 e. The number of carbonyl (C=O) groups is 6. The second-order valence-corrected chi connectivity index (χ2v) is 18.5. The van der Waals surface area contributed by atoms with Crippen molar-refractivity contribution in [3.8, 4) is 0 Å². The normalized spacial score (nSPS) is 24.0. The molecule has 63 heavy (non-hydrogen) atoms. The molecular formula is C47H76N6O10. The number of hydrogen-bond acceptors (Lipinski definition) is 10. The second kappa shape index (κ2) is 24.2. The predicted octanol–water partition coefficient (Wildman–Crippen LogP) is 3.94. The van der Waals surface area contributed by atoms with Crippen LogP contribution in [0.1, 0.15) is 111 Å². The number of carboxylic acid groups (broad SMARTS) is 1. The average Bonchev–Trinajstić information content (AvgIpc) is 3.97. The third-order valence-electron chi connectivity index (χ3n) is 14.2. The van der Waals surface area contributed by atoms with E-state index < -0.39 is 60.2 Å². The van der Waals surface area contributed by atoms with Gasteiger partial charge in [0.2, 0.25) is 29.5 Å². The Morgan fingerprint density at radius 2 is 1.63 bits per heavy atom. The minimum Gasteiger partial charge on any atom is -0.480 e. The summed E-state index contributed by atoms with van der Waals surface area (Å²) in [5.74, 6) is 1.66. The van der Waals surface area contributed by atoms with E-state index in [9.17, 15) is 33.9 Å². The quantitative estimate of drug-likeness (QED) is 0.0817. The van der Waals surface area contributed by atoms with Crippen molar-refractivity contribution in [2.24, 2.45) is 35.5 Å². The van der Waals surface area contributed by atoms with Crippen LogP contribution in [0, 0.1) is 29.6 Å². The van der Waals surface area contributed by atoms with E-state index in [2.05, 4.69) is 22.4 Å². The lowest BCUT2D eigenvalue weighted by atomic mass is 9.89. The van der Waals surface area contributed by atoms with E-state index in [4.69, 9.17) is 15.4 Å². The first-order valence-corrected chi connectivity index (χ1v) is 23.1. The van der Waals surface area contributed by atoms with Crippen LogP contribution in [-0.4, -0.2) is 138 Å². The summed E-state index contributed by atoms with van der Waals surface area (Å²) in [6.45, 7) is 12.5. The number of carbonyl (C=O) groups excluding carboxylic acids is 5. The molecule has 0 radical (unpaired) electrons. The van der Waals surface area contributed by atoms with Gasteiger partial charge in [0, 0.05) is 46.7 Å². The lowest BCUT2D eigenvalue weighted by Gasteiger charge is -2.41. The van der Waals surface area contributed by atoms with Gasteiger partial charge in [-0.2, -0.15) is 0 Å². The maximum atomic E-state index is 14.6. The van der Waals surface area contributed by atoms with E-state index in [0.717, 1.165) is 31.2 Å². The van der Waals surface area contributed by atoms with Gasteiger partial charge < -0.3 is 44.8 Å². The van der Waals surface area contributed by atoms with Crippen molar-refractivity contribution in [1.29, 1.82) is 0 Å². The lowest BCUT2D eigenvalue weighted by Crippen LogP contribution is -2.60. The Labute approximate surface area is 374 Å². The zero-order valence-electron chi connectivity index (χ0n) is 39.1. The Hall–Kier alpha value is -4.12. The molecule has 16 nitrogen and oxygen atoms in total. The average molecular weight is 885 g/mol. The van der Waals surface area contributed by atoms with Crippen LogP contribution in [0.3, 0.4) is 0 Å². The van der Waals surface area contributed by atoms with E-state index in [0.29, 0.717) is 45.3 Å². The summed E-state index contributed by atoms with van der Waals surface area (Å²) in [7, 11) is 4.72. The molecule has 3 aliphatic rings. The zero-order valence-corrected chi connectivity index (χ0v) is 39.1. The van der Waals surface area contributed by atoms with Gasteiger partial charge in [0.25, 0.3) is 0 Å². The molecule has 1 aromatic carbocycles. The lowest BCUT2D eigenvalue weighted by molar-refractivity contribution is -0.149. The fourth-order valence-electron chi connectivity index (χ4n) is 10.5. The SMILES string of the molecule is CC[C@H](C)[C@@H]([C@@H](CC(=O)N1CCC[C@H]1[C@H](OC)[C@@H](C)C(=O)N[C@@H](Cc1ccccc1)C(=O)O)OC)N(C)C(=O)[C@@H](NC(=O)[C@@H]1[C@H]2CC[C@@H]([C@H]2C)N1C(=O)CCCCCON)C(C)C. The van der Waals surface area contributed by atoms with Gasteiger partial charge in [0.15, 0.2) is 0 Å². The highest BCUT2D eigenvalue weighted by atomic mass is 16.6. The molecule has 2 bridgehead atoms. The number of methoxy groups -OCH3 is 2. The van der Waals surface area contributed by atoms with Crippen LogP contribution in [0.4, 0.5) is 0 Å².